The van der Waals surface area contributed by atoms with Crippen LogP contribution >= 0.6 is 0 Å². The number of fused-ring (bicyclic) bond motifs is 3. The summed E-state index contributed by atoms with van der Waals surface area (Å²) in [6, 6.07) is 49.6. The molecule has 0 aliphatic rings. The van der Waals surface area contributed by atoms with Crippen molar-refractivity contribution in [1.29, 1.82) is 0 Å². The number of nitrogens with zero attached hydrogens (tertiary/aromatic N) is 4. The van der Waals surface area contributed by atoms with Gasteiger partial charge in [-0.1, -0.05) is 115 Å². The van der Waals surface area contributed by atoms with Crippen LogP contribution in [-0.2, 0) is 0 Å². The van der Waals surface area contributed by atoms with Crippen LogP contribution in [0.25, 0.3) is 72.8 Å². The quantitative estimate of drug-likeness (QED) is 0.208. The molecular formula is C39H25FN4. The Hall–Kier alpha value is -5.94. The highest BCUT2D eigenvalue weighted by molar-refractivity contribution is 6.09. The van der Waals surface area contributed by atoms with Crippen LogP contribution < -0.4 is 0 Å². The van der Waals surface area contributed by atoms with Crippen LogP contribution in [0, 0.1) is 5.82 Å². The van der Waals surface area contributed by atoms with Crippen LogP contribution in [-0.4, -0.2) is 19.5 Å². The monoisotopic (exact) mass is 568 g/mol. The molecule has 0 amide bonds. The van der Waals surface area contributed by atoms with Crippen molar-refractivity contribution in [2.75, 3.05) is 0 Å². The molecule has 0 atom stereocenters. The average Bonchev–Trinajstić information content (AvgIpc) is 3.43. The van der Waals surface area contributed by atoms with Crippen molar-refractivity contribution in [2.24, 2.45) is 0 Å². The molecular weight excluding hydrogens is 543 g/mol. The lowest BCUT2D eigenvalue weighted by atomic mass is 10.0. The average molecular weight is 569 g/mol. The van der Waals surface area contributed by atoms with Crippen LogP contribution in [0.1, 0.15) is 0 Å². The predicted octanol–water partition coefficient (Wildman–Crippen LogP) is 9.78. The fraction of sp³-hybridized carbons (Fsp3) is 0. The number of rotatable bonds is 5. The van der Waals surface area contributed by atoms with Crippen LogP contribution in [0.2, 0.25) is 0 Å². The van der Waals surface area contributed by atoms with Gasteiger partial charge in [0.2, 0.25) is 0 Å². The number of aromatic nitrogens is 4. The number of halogens is 1. The van der Waals surface area contributed by atoms with Crippen molar-refractivity contribution in [3.63, 3.8) is 0 Å². The SMILES string of the molecule is Fc1cccc(-c2ccc(-c3nc(-c4ccccc4)nc(-c4ccccc4)n3)c(-n3c4ccccc4c4ccccc43)c2)c1. The summed E-state index contributed by atoms with van der Waals surface area (Å²) in [6.45, 7) is 0. The summed E-state index contributed by atoms with van der Waals surface area (Å²) < 4.78 is 16.6. The van der Waals surface area contributed by atoms with Gasteiger partial charge in [0.25, 0.3) is 0 Å². The third-order valence-corrected chi connectivity index (χ3v) is 7.92. The summed E-state index contributed by atoms with van der Waals surface area (Å²) in [4.78, 5) is 15.0. The maximum Gasteiger partial charge on any atom is 0.166 e. The molecule has 0 spiro atoms. The molecule has 4 nitrogen and oxygen atoms in total. The van der Waals surface area contributed by atoms with Gasteiger partial charge in [0, 0.05) is 27.5 Å². The first-order chi connectivity index (χ1) is 21.7. The Kier molecular flexibility index (Phi) is 6.27. The van der Waals surface area contributed by atoms with E-state index in [4.69, 9.17) is 15.0 Å². The smallest absolute Gasteiger partial charge is 0.166 e. The zero-order valence-corrected chi connectivity index (χ0v) is 23.6. The molecule has 0 unspecified atom stereocenters. The van der Waals surface area contributed by atoms with Gasteiger partial charge in [-0.15, -0.1) is 0 Å². The predicted molar refractivity (Wildman–Crippen MR) is 176 cm³/mol. The Balaban J connectivity index is 1.45. The first kappa shape index (κ1) is 25.7. The topological polar surface area (TPSA) is 43.6 Å². The Morgan fingerprint density at radius 1 is 0.409 bits per heavy atom. The Morgan fingerprint density at radius 3 is 1.50 bits per heavy atom. The molecule has 44 heavy (non-hydrogen) atoms. The second kappa shape index (κ2) is 10.7. The third-order valence-electron chi connectivity index (χ3n) is 7.92. The molecule has 5 heteroatoms. The Labute approximate surface area is 253 Å². The molecule has 0 N–H and O–H groups in total. The largest absolute Gasteiger partial charge is 0.308 e. The molecule has 0 saturated heterocycles. The zero-order valence-electron chi connectivity index (χ0n) is 23.6. The lowest BCUT2D eigenvalue weighted by Crippen LogP contribution is -2.04. The molecule has 0 radical (unpaired) electrons. The molecule has 8 aromatic rings. The molecule has 0 aliphatic carbocycles. The van der Waals surface area contributed by atoms with Gasteiger partial charge >= 0.3 is 0 Å². The molecule has 0 aliphatic heterocycles. The highest BCUT2D eigenvalue weighted by atomic mass is 19.1. The molecule has 2 heterocycles. The van der Waals surface area contributed by atoms with Gasteiger partial charge in [0.1, 0.15) is 5.82 Å². The molecule has 208 valence electrons. The van der Waals surface area contributed by atoms with Crippen molar-refractivity contribution >= 4 is 21.8 Å². The van der Waals surface area contributed by atoms with E-state index in [-0.39, 0.29) is 5.82 Å². The van der Waals surface area contributed by atoms with E-state index in [2.05, 4.69) is 59.2 Å². The fourth-order valence-electron chi connectivity index (χ4n) is 5.86. The van der Waals surface area contributed by atoms with Gasteiger partial charge in [-0.25, -0.2) is 19.3 Å². The fourth-order valence-corrected chi connectivity index (χ4v) is 5.86. The second-order valence-corrected chi connectivity index (χ2v) is 10.7. The highest BCUT2D eigenvalue weighted by Crippen LogP contribution is 2.38. The lowest BCUT2D eigenvalue weighted by Gasteiger charge is -2.16. The molecule has 0 saturated carbocycles. The minimum absolute atomic E-state index is 0.275. The van der Waals surface area contributed by atoms with Crippen LogP contribution in [0.15, 0.2) is 152 Å². The highest BCUT2D eigenvalue weighted by Gasteiger charge is 2.20. The van der Waals surface area contributed by atoms with Crippen molar-refractivity contribution in [3.8, 4) is 51.0 Å². The van der Waals surface area contributed by atoms with Gasteiger partial charge in [-0.05, 0) is 47.5 Å². The summed E-state index contributed by atoms with van der Waals surface area (Å²) >= 11 is 0. The molecule has 0 bridgehead atoms. The zero-order chi connectivity index (χ0) is 29.5. The van der Waals surface area contributed by atoms with Gasteiger partial charge in [0.15, 0.2) is 17.5 Å². The first-order valence-corrected chi connectivity index (χ1v) is 14.5. The van der Waals surface area contributed by atoms with E-state index in [0.717, 1.165) is 55.3 Å². The maximum atomic E-state index is 14.4. The molecule has 6 aromatic carbocycles. The summed E-state index contributed by atoms with van der Waals surface area (Å²) in [7, 11) is 0. The maximum absolute atomic E-state index is 14.4. The molecule has 2 aromatic heterocycles. The van der Waals surface area contributed by atoms with E-state index < -0.39 is 0 Å². The Morgan fingerprint density at radius 2 is 0.909 bits per heavy atom. The van der Waals surface area contributed by atoms with Gasteiger partial charge in [-0.3, -0.25) is 0 Å². The van der Waals surface area contributed by atoms with Crippen LogP contribution in [0.4, 0.5) is 4.39 Å². The van der Waals surface area contributed by atoms with Crippen molar-refractivity contribution in [1.82, 2.24) is 19.5 Å². The molecule has 8 rings (SSSR count). The number of para-hydroxylation sites is 2. The van der Waals surface area contributed by atoms with E-state index in [1.165, 1.54) is 6.07 Å². The van der Waals surface area contributed by atoms with E-state index in [9.17, 15) is 4.39 Å². The normalized spacial score (nSPS) is 11.3. The van der Waals surface area contributed by atoms with Crippen molar-refractivity contribution < 1.29 is 4.39 Å². The summed E-state index contributed by atoms with van der Waals surface area (Å²) in [5.41, 5.74) is 7.36. The van der Waals surface area contributed by atoms with Crippen LogP contribution in [0.3, 0.4) is 0 Å². The minimum atomic E-state index is -0.275. The van der Waals surface area contributed by atoms with E-state index in [1.54, 1.807) is 12.1 Å². The van der Waals surface area contributed by atoms with Crippen molar-refractivity contribution in [2.45, 2.75) is 0 Å². The summed E-state index contributed by atoms with van der Waals surface area (Å²) in [5, 5.41) is 2.30. The number of benzene rings is 6. The standard InChI is InChI=1S/C39H25FN4/c40-30-17-11-16-28(24-30)29-22-23-33(36(25-29)44-34-20-9-7-18-31(34)32-19-8-10-21-35(32)44)39-42-37(26-12-3-1-4-13-26)41-38(43-39)27-14-5-2-6-15-27/h1-25H. The van der Waals surface area contributed by atoms with Gasteiger partial charge in [0.05, 0.1) is 16.7 Å². The van der Waals surface area contributed by atoms with Gasteiger partial charge < -0.3 is 4.57 Å². The number of hydrogen-bond acceptors (Lipinski definition) is 3. The van der Waals surface area contributed by atoms with E-state index in [1.807, 2.05) is 78.9 Å². The van der Waals surface area contributed by atoms with Crippen LogP contribution in [0.5, 0.6) is 0 Å². The second-order valence-electron chi connectivity index (χ2n) is 10.7. The Bertz CT molecular complexity index is 2180. The molecule has 0 fully saturated rings. The van der Waals surface area contributed by atoms with Gasteiger partial charge in [-0.2, -0.15) is 0 Å². The number of hydrogen-bond donors (Lipinski definition) is 0. The summed E-state index contributed by atoms with van der Waals surface area (Å²) in [6.07, 6.45) is 0. The van der Waals surface area contributed by atoms with E-state index in [0.29, 0.717) is 17.5 Å². The lowest BCUT2D eigenvalue weighted by molar-refractivity contribution is 0.628. The minimum Gasteiger partial charge on any atom is -0.308 e. The first-order valence-electron chi connectivity index (χ1n) is 14.5. The van der Waals surface area contributed by atoms with E-state index >= 15 is 0 Å². The third kappa shape index (κ3) is 4.52. The summed E-state index contributed by atoms with van der Waals surface area (Å²) in [5.74, 6) is 1.47. The van der Waals surface area contributed by atoms with Crippen molar-refractivity contribution in [3.05, 3.63) is 157 Å².